The minimum atomic E-state index is -1.04. The molecule has 3 N–H and O–H groups in total. The molecule has 0 spiro atoms. The molecule has 0 radical (unpaired) electrons. The van der Waals surface area contributed by atoms with Gasteiger partial charge < -0.3 is 20.2 Å². The van der Waals surface area contributed by atoms with Crippen LogP contribution in [0.2, 0.25) is 0 Å². The highest BCUT2D eigenvalue weighted by Crippen LogP contribution is 2.26. The van der Waals surface area contributed by atoms with Gasteiger partial charge in [-0.1, -0.05) is 22.5 Å². The molecule has 7 heteroatoms. The third kappa shape index (κ3) is 6.39. The van der Waals surface area contributed by atoms with Crippen LogP contribution in [-0.4, -0.2) is 31.2 Å². The molecule has 0 saturated carbocycles. The lowest BCUT2D eigenvalue weighted by Crippen LogP contribution is -2.44. The van der Waals surface area contributed by atoms with Crippen LogP contribution in [0.5, 0.6) is 0 Å². The number of nitrogens with one attached hydrogen (secondary N) is 2. The van der Waals surface area contributed by atoms with Crippen molar-refractivity contribution in [1.29, 1.82) is 0 Å². The van der Waals surface area contributed by atoms with Crippen molar-refractivity contribution in [3.05, 3.63) is 34.2 Å². The van der Waals surface area contributed by atoms with Gasteiger partial charge in [0.2, 0.25) is 0 Å². The molecule has 0 fully saturated rings. The Labute approximate surface area is 151 Å². The number of aliphatic hydroxyl groups is 1. The lowest BCUT2D eigenvalue weighted by molar-refractivity contribution is 0.0602. The van der Waals surface area contributed by atoms with E-state index < -0.39 is 5.60 Å². The summed E-state index contributed by atoms with van der Waals surface area (Å²) in [5, 5.41) is 16.7. The smallest absolute Gasteiger partial charge is 0.191 e. The maximum absolute atomic E-state index is 10.6. The largest absolute Gasteiger partial charge is 0.466 e. The maximum Gasteiger partial charge on any atom is 0.191 e. The molecule has 0 bridgehead atoms. The van der Waals surface area contributed by atoms with E-state index in [0.29, 0.717) is 19.0 Å². The van der Waals surface area contributed by atoms with Crippen molar-refractivity contribution in [3.63, 3.8) is 0 Å². The number of aryl methyl sites for hydroxylation is 2. The van der Waals surface area contributed by atoms with Crippen molar-refractivity contribution in [1.82, 2.24) is 10.6 Å². The Bertz CT molecular complexity index is 512. The Morgan fingerprint density at radius 3 is 2.52 bits per heavy atom. The fraction of sp³-hybridized carbons (Fsp3) is 0.500. The summed E-state index contributed by atoms with van der Waals surface area (Å²) in [6.45, 7) is 10.1. The summed E-state index contributed by atoms with van der Waals surface area (Å²) < 4.78 is 6.29. The Hall–Kier alpha value is -0.540. The summed E-state index contributed by atoms with van der Waals surface area (Å²) >= 11 is 3.27. The van der Waals surface area contributed by atoms with Crippen molar-refractivity contribution in [2.24, 2.45) is 4.99 Å². The Morgan fingerprint density at radius 1 is 1.48 bits per heavy atom. The highest BCUT2D eigenvalue weighted by Gasteiger charge is 2.27. The molecule has 1 aromatic heterocycles. The van der Waals surface area contributed by atoms with E-state index >= 15 is 0 Å². The van der Waals surface area contributed by atoms with Gasteiger partial charge in [-0.05, 0) is 26.8 Å². The zero-order chi connectivity index (χ0) is 15.3. The number of halogens is 2. The molecule has 1 rings (SSSR count). The first kappa shape index (κ1) is 20.5. The van der Waals surface area contributed by atoms with Gasteiger partial charge in [0.05, 0.1) is 6.54 Å². The quantitative estimate of drug-likeness (QED) is 0.351. The molecule has 5 nitrogen and oxygen atoms in total. The van der Waals surface area contributed by atoms with Crippen LogP contribution >= 0.6 is 39.9 Å². The van der Waals surface area contributed by atoms with Gasteiger partial charge >= 0.3 is 0 Å². The number of aliphatic imine (C=N–C) groups is 1. The third-order valence-electron chi connectivity index (χ3n) is 2.89. The summed E-state index contributed by atoms with van der Waals surface area (Å²) in [5.41, 5.74) is -0.256. The number of furan rings is 1. The van der Waals surface area contributed by atoms with E-state index in [0.717, 1.165) is 21.6 Å². The third-order valence-corrected chi connectivity index (χ3v) is 3.17. The molecular formula is C14H23BrIN3O2. The standard InChI is InChI=1S/C14H22BrN3O2.HI/c1-9(15)7-17-13(16-5)18-8-14(4,19)12-6-10(2)20-11(12)3;/h6,19H,1,7-8H2,2-5H3,(H2,16,17,18);1H. The first-order chi connectivity index (χ1) is 9.26. The molecule has 21 heavy (non-hydrogen) atoms. The van der Waals surface area contributed by atoms with Crippen LogP contribution in [0.4, 0.5) is 0 Å². The highest BCUT2D eigenvalue weighted by atomic mass is 127. The molecule has 0 amide bonds. The van der Waals surface area contributed by atoms with Crippen molar-refractivity contribution in [2.75, 3.05) is 20.1 Å². The lowest BCUT2D eigenvalue weighted by atomic mass is 9.96. The molecule has 1 heterocycles. The average molecular weight is 472 g/mol. The zero-order valence-corrected chi connectivity index (χ0v) is 16.7. The fourth-order valence-corrected chi connectivity index (χ4v) is 2.06. The number of hydrogen-bond donors (Lipinski definition) is 3. The zero-order valence-electron chi connectivity index (χ0n) is 12.8. The summed E-state index contributed by atoms with van der Waals surface area (Å²) in [6, 6.07) is 1.85. The first-order valence-electron chi connectivity index (χ1n) is 6.34. The molecule has 0 aliphatic rings. The minimum absolute atomic E-state index is 0. The van der Waals surface area contributed by atoms with Crippen LogP contribution in [0, 0.1) is 13.8 Å². The van der Waals surface area contributed by atoms with Gasteiger partial charge in [0.1, 0.15) is 17.1 Å². The van der Waals surface area contributed by atoms with E-state index in [1.807, 2.05) is 19.9 Å². The minimum Gasteiger partial charge on any atom is -0.466 e. The highest BCUT2D eigenvalue weighted by molar-refractivity contribution is 14.0. The number of hydrogen-bond acceptors (Lipinski definition) is 3. The summed E-state index contributed by atoms with van der Waals surface area (Å²) in [4.78, 5) is 4.08. The predicted octanol–water partition coefficient (Wildman–Crippen LogP) is 2.80. The van der Waals surface area contributed by atoms with Crippen LogP contribution in [0.25, 0.3) is 0 Å². The second-order valence-corrected chi connectivity index (χ2v) is 6.02. The van der Waals surface area contributed by atoms with Gasteiger partial charge in [-0.3, -0.25) is 4.99 Å². The van der Waals surface area contributed by atoms with Crippen molar-refractivity contribution in [2.45, 2.75) is 26.4 Å². The predicted molar refractivity (Wildman–Crippen MR) is 101 cm³/mol. The van der Waals surface area contributed by atoms with Crippen LogP contribution in [-0.2, 0) is 5.60 Å². The molecule has 0 aliphatic carbocycles. The Morgan fingerprint density at radius 2 is 2.10 bits per heavy atom. The van der Waals surface area contributed by atoms with E-state index in [-0.39, 0.29) is 24.0 Å². The molecule has 0 saturated heterocycles. The van der Waals surface area contributed by atoms with Gasteiger partial charge in [0, 0.05) is 23.6 Å². The van der Waals surface area contributed by atoms with Crippen LogP contribution in [0.1, 0.15) is 24.0 Å². The average Bonchev–Trinajstić information content (AvgIpc) is 2.69. The molecule has 1 unspecified atom stereocenters. The summed E-state index contributed by atoms with van der Waals surface area (Å²) in [6.07, 6.45) is 0. The first-order valence-corrected chi connectivity index (χ1v) is 7.13. The van der Waals surface area contributed by atoms with E-state index in [9.17, 15) is 5.11 Å². The van der Waals surface area contributed by atoms with Gasteiger partial charge in [-0.15, -0.1) is 24.0 Å². The van der Waals surface area contributed by atoms with Crippen molar-refractivity contribution in [3.8, 4) is 0 Å². The second-order valence-electron chi connectivity index (χ2n) is 4.90. The molecule has 0 aliphatic heterocycles. The lowest BCUT2D eigenvalue weighted by Gasteiger charge is -2.24. The monoisotopic (exact) mass is 471 g/mol. The second kappa shape index (κ2) is 8.79. The number of nitrogens with zero attached hydrogens (tertiary/aromatic N) is 1. The van der Waals surface area contributed by atoms with Gasteiger partial charge in [-0.2, -0.15) is 0 Å². The van der Waals surface area contributed by atoms with E-state index in [2.05, 4.69) is 38.1 Å². The molecule has 1 aromatic rings. The van der Waals surface area contributed by atoms with Gasteiger partial charge in [0.15, 0.2) is 5.96 Å². The topological polar surface area (TPSA) is 69.8 Å². The summed E-state index contributed by atoms with van der Waals surface area (Å²) in [7, 11) is 1.67. The number of guanidine groups is 1. The van der Waals surface area contributed by atoms with Crippen LogP contribution in [0.3, 0.4) is 0 Å². The van der Waals surface area contributed by atoms with Crippen LogP contribution < -0.4 is 10.6 Å². The van der Waals surface area contributed by atoms with Crippen LogP contribution in [0.15, 0.2) is 26.5 Å². The Balaban J connectivity index is 0.00000400. The normalized spacial score (nSPS) is 14.1. The van der Waals surface area contributed by atoms with E-state index in [1.54, 1.807) is 14.0 Å². The fourth-order valence-electron chi connectivity index (χ4n) is 1.92. The molecular weight excluding hydrogens is 449 g/mol. The van der Waals surface area contributed by atoms with Gasteiger partial charge in [0.25, 0.3) is 0 Å². The van der Waals surface area contributed by atoms with Gasteiger partial charge in [-0.25, -0.2) is 0 Å². The van der Waals surface area contributed by atoms with Crippen molar-refractivity contribution < 1.29 is 9.52 Å². The maximum atomic E-state index is 10.6. The van der Waals surface area contributed by atoms with E-state index in [4.69, 9.17) is 4.42 Å². The molecule has 120 valence electrons. The molecule has 0 aromatic carbocycles. The summed E-state index contributed by atoms with van der Waals surface area (Å²) in [5.74, 6) is 2.12. The number of rotatable bonds is 5. The Kier molecular flexibility index (Phi) is 8.57. The SMILES string of the molecule is C=C(Br)CNC(=NC)NCC(C)(O)c1cc(C)oc1C.I. The van der Waals surface area contributed by atoms with E-state index in [1.165, 1.54) is 0 Å². The van der Waals surface area contributed by atoms with Crippen molar-refractivity contribution >= 4 is 45.9 Å². The molecule has 1 atom stereocenters.